The molecule has 4 nitrogen and oxygen atoms in total. The number of aliphatic hydroxyl groups excluding tert-OH is 1. The molecule has 1 aromatic heterocycles. The second-order valence-electron chi connectivity index (χ2n) is 3.88. The van der Waals surface area contributed by atoms with Crippen molar-refractivity contribution in [2.75, 3.05) is 6.54 Å². The molecule has 82 valence electrons. The highest BCUT2D eigenvalue weighted by Gasteiger charge is 2.46. The summed E-state index contributed by atoms with van der Waals surface area (Å²) in [6, 6.07) is 0. The number of halogens is 2. The van der Waals surface area contributed by atoms with Gasteiger partial charge in [-0.2, -0.15) is 0 Å². The smallest absolute Gasteiger partial charge is 0.137 e. The molecule has 1 heterocycles. The van der Waals surface area contributed by atoms with Gasteiger partial charge in [-0.1, -0.05) is 23.2 Å². The summed E-state index contributed by atoms with van der Waals surface area (Å²) in [5.41, 5.74) is 6.03. The van der Waals surface area contributed by atoms with Crippen LogP contribution in [0.15, 0.2) is 6.33 Å². The van der Waals surface area contributed by atoms with E-state index < -0.39 is 0 Å². The summed E-state index contributed by atoms with van der Waals surface area (Å²) in [7, 11) is 0. The van der Waals surface area contributed by atoms with Gasteiger partial charge in [-0.3, -0.25) is 0 Å². The van der Waals surface area contributed by atoms with Crippen molar-refractivity contribution < 1.29 is 5.11 Å². The predicted octanol–water partition coefficient (Wildman–Crippen LogP) is 1.13. The summed E-state index contributed by atoms with van der Waals surface area (Å²) < 4.78 is 0. The molecule has 0 aliphatic heterocycles. The number of aliphatic hydroxyl groups is 1. The van der Waals surface area contributed by atoms with Crippen LogP contribution in [0.5, 0.6) is 0 Å². The van der Waals surface area contributed by atoms with Crippen LogP contribution in [0.4, 0.5) is 0 Å². The van der Waals surface area contributed by atoms with Crippen LogP contribution in [0.2, 0.25) is 10.3 Å². The zero-order valence-corrected chi connectivity index (χ0v) is 9.46. The van der Waals surface area contributed by atoms with Crippen molar-refractivity contribution in [3.8, 4) is 0 Å². The molecule has 0 bridgehead atoms. The standard InChI is InChI=1S/C9H11Cl2N3O/c10-7-6(8(11)14-4-13-7)9(3-12)1-5(15)2-9/h4-5,15H,1-3,12H2. The highest BCUT2D eigenvalue weighted by Crippen LogP contribution is 2.47. The van der Waals surface area contributed by atoms with Crippen molar-refractivity contribution in [3.05, 3.63) is 22.2 Å². The molecule has 1 fully saturated rings. The Bertz CT molecular complexity index is 359. The maximum atomic E-state index is 9.38. The second kappa shape index (κ2) is 3.87. The molecule has 0 radical (unpaired) electrons. The average Bonchev–Trinajstić information content (AvgIpc) is 2.14. The lowest BCUT2D eigenvalue weighted by atomic mass is 9.63. The fraction of sp³-hybridized carbons (Fsp3) is 0.556. The molecule has 0 amide bonds. The van der Waals surface area contributed by atoms with Crippen LogP contribution in [0.25, 0.3) is 0 Å². The van der Waals surface area contributed by atoms with Crippen molar-refractivity contribution in [1.82, 2.24) is 9.97 Å². The lowest BCUT2D eigenvalue weighted by molar-refractivity contribution is 0.0219. The van der Waals surface area contributed by atoms with Gasteiger partial charge in [-0.15, -0.1) is 0 Å². The van der Waals surface area contributed by atoms with Crippen molar-refractivity contribution in [1.29, 1.82) is 0 Å². The third-order valence-corrected chi connectivity index (χ3v) is 3.50. The summed E-state index contributed by atoms with van der Waals surface area (Å²) >= 11 is 12.0. The van der Waals surface area contributed by atoms with Gasteiger partial charge < -0.3 is 10.8 Å². The van der Waals surface area contributed by atoms with E-state index in [1.807, 2.05) is 0 Å². The summed E-state index contributed by atoms with van der Waals surface area (Å²) in [6.45, 7) is 0.386. The average molecular weight is 248 g/mol. The van der Waals surface area contributed by atoms with E-state index in [2.05, 4.69) is 9.97 Å². The zero-order chi connectivity index (χ0) is 11.1. The minimum Gasteiger partial charge on any atom is -0.393 e. The van der Waals surface area contributed by atoms with Crippen LogP contribution >= 0.6 is 23.2 Å². The maximum Gasteiger partial charge on any atom is 0.137 e. The van der Waals surface area contributed by atoms with E-state index in [0.717, 1.165) is 0 Å². The molecule has 0 spiro atoms. The van der Waals surface area contributed by atoms with Gasteiger partial charge in [0.1, 0.15) is 16.6 Å². The molecular weight excluding hydrogens is 237 g/mol. The molecule has 3 N–H and O–H groups in total. The Labute approximate surface area is 97.4 Å². The number of aromatic nitrogens is 2. The van der Waals surface area contributed by atoms with Gasteiger partial charge in [-0.25, -0.2) is 9.97 Å². The molecule has 0 saturated heterocycles. The SMILES string of the molecule is NCC1(c2c(Cl)ncnc2Cl)CC(O)C1. The molecule has 1 aliphatic rings. The van der Waals surface area contributed by atoms with Gasteiger partial charge in [0, 0.05) is 17.5 Å². The molecular formula is C9H11Cl2N3O. The van der Waals surface area contributed by atoms with Gasteiger partial charge in [-0.05, 0) is 12.8 Å². The lowest BCUT2D eigenvalue weighted by Gasteiger charge is -2.45. The normalized spacial score (nSPS) is 30.0. The van der Waals surface area contributed by atoms with E-state index in [1.54, 1.807) is 0 Å². The fourth-order valence-corrected chi connectivity index (χ4v) is 2.81. The first-order valence-corrected chi connectivity index (χ1v) is 5.39. The molecule has 15 heavy (non-hydrogen) atoms. The fourth-order valence-electron chi connectivity index (χ4n) is 2.10. The molecule has 1 saturated carbocycles. The zero-order valence-electron chi connectivity index (χ0n) is 7.95. The first kappa shape index (κ1) is 11.1. The molecule has 2 rings (SSSR count). The maximum absolute atomic E-state index is 9.38. The van der Waals surface area contributed by atoms with Crippen LogP contribution in [0.3, 0.4) is 0 Å². The van der Waals surface area contributed by atoms with Gasteiger partial charge in [0.25, 0.3) is 0 Å². The molecule has 6 heteroatoms. The minimum atomic E-state index is -0.352. The predicted molar refractivity (Wildman–Crippen MR) is 58.0 cm³/mol. The molecule has 0 aromatic carbocycles. The molecule has 1 aromatic rings. The highest BCUT2D eigenvalue weighted by molar-refractivity contribution is 6.34. The number of rotatable bonds is 2. The van der Waals surface area contributed by atoms with E-state index in [4.69, 9.17) is 28.9 Å². The Morgan fingerprint density at radius 2 is 1.93 bits per heavy atom. The van der Waals surface area contributed by atoms with Crippen LogP contribution in [-0.2, 0) is 5.41 Å². The Morgan fingerprint density at radius 3 is 2.33 bits per heavy atom. The Balaban J connectivity index is 2.44. The van der Waals surface area contributed by atoms with Gasteiger partial charge >= 0.3 is 0 Å². The first-order valence-electron chi connectivity index (χ1n) is 4.64. The molecule has 0 atom stereocenters. The topological polar surface area (TPSA) is 72.0 Å². The van der Waals surface area contributed by atoms with E-state index in [-0.39, 0.29) is 11.5 Å². The number of nitrogens with two attached hydrogens (primary N) is 1. The van der Waals surface area contributed by atoms with Crippen LogP contribution < -0.4 is 5.73 Å². The van der Waals surface area contributed by atoms with E-state index in [9.17, 15) is 5.11 Å². The molecule has 0 unspecified atom stereocenters. The number of hydrogen-bond acceptors (Lipinski definition) is 4. The molecule has 1 aliphatic carbocycles. The third-order valence-electron chi connectivity index (χ3n) is 2.93. The van der Waals surface area contributed by atoms with Crippen molar-refractivity contribution in [2.45, 2.75) is 24.4 Å². The van der Waals surface area contributed by atoms with Crippen LogP contribution in [-0.4, -0.2) is 27.7 Å². The van der Waals surface area contributed by atoms with E-state index >= 15 is 0 Å². The van der Waals surface area contributed by atoms with Gasteiger partial charge in [0.2, 0.25) is 0 Å². The Morgan fingerprint density at radius 1 is 1.40 bits per heavy atom. The Kier molecular flexibility index (Phi) is 2.85. The van der Waals surface area contributed by atoms with Gasteiger partial charge in [0.15, 0.2) is 0 Å². The summed E-state index contributed by atoms with van der Waals surface area (Å²) in [5, 5.41) is 10.0. The van der Waals surface area contributed by atoms with Crippen LogP contribution in [0.1, 0.15) is 18.4 Å². The quantitative estimate of drug-likeness (QED) is 0.769. The largest absolute Gasteiger partial charge is 0.393 e. The van der Waals surface area contributed by atoms with Crippen molar-refractivity contribution in [3.63, 3.8) is 0 Å². The van der Waals surface area contributed by atoms with E-state index in [0.29, 0.717) is 35.3 Å². The second-order valence-corrected chi connectivity index (χ2v) is 4.59. The monoisotopic (exact) mass is 247 g/mol. The van der Waals surface area contributed by atoms with Crippen molar-refractivity contribution in [2.24, 2.45) is 5.73 Å². The Hall–Kier alpha value is -0.420. The number of nitrogens with zero attached hydrogens (tertiary/aromatic N) is 2. The van der Waals surface area contributed by atoms with Gasteiger partial charge in [0.05, 0.1) is 6.10 Å². The van der Waals surface area contributed by atoms with Crippen LogP contribution in [0, 0.1) is 0 Å². The first-order chi connectivity index (χ1) is 7.09. The summed E-state index contributed by atoms with van der Waals surface area (Å²) in [4.78, 5) is 7.79. The summed E-state index contributed by atoms with van der Waals surface area (Å²) in [5.74, 6) is 0. The van der Waals surface area contributed by atoms with E-state index in [1.165, 1.54) is 6.33 Å². The summed E-state index contributed by atoms with van der Waals surface area (Å²) in [6.07, 6.45) is 2.11. The number of hydrogen-bond donors (Lipinski definition) is 2. The van der Waals surface area contributed by atoms with Crippen molar-refractivity contribution >= 4 is 23.2 Å². The third kappa shape index (κ3) is 1.72. The highest BCUT2D eigenvalue weighted by atomic mass is 35.5. The lowest BCUT2D eigenvalue weighted by Crippen LogP contribution is -2.50. The minimum absolute atomic E-state index is 0.326.